The number of hydrogen-bond donors (Lipinski definition) is 1. The number of thioether (sulfide) groups is 1. The van der Waals surface area contributed by atoms with E-state index in [0.717, 1.165) is 4.90 Å². The van der Waals surface area contributed by atoms with Crippen LogP contribution in [0.1, 0.15) is 20.8 Å². The van der Waals surface area contributed by atoms with Gasteiger partial charge in [0.1, 0.15) is 11.6 Å². The highest BCUT2D eigenvalue weighted by atomic mass is 35.5. The fourth-order valence-corrected chi connectivity index (χ4v) is 2.64. The number of nitro groups is 1. The number of carbonyl (C=O) groups excluding carboxylic acids is 1. The van der Waals surface area contributed by atoms with Gasteiger partial charge < -0.3 is 10.5 Å². The van der Waals surface area contributed by atoms with Crippen LogP contribution in [0.5, 0.6) is 0 Å². The lowest BCUT2D eigenvalue weighted by atomic mass is 10.2. The number of non-ortho nitro benzene ring substituents is 1. The van der Waals surface area contributed by atoms with Crippen molar-refractivity contribution in [2.24, 2.45) is 5.73 Å². The zero-order valence-corrected chi connectivity index (χ0v) is 14.2. The summed E-state index contributed by atoms with van der Waals surface area (Å²) in [7, 11) is 0. The summed E-state index contributed by atoms with van der Waals surface area (Å²) < 4.78 is 5.18. The van der Waals surface area contributed by atoms with Crippen LogP contribution in [-0.2, 0) is 9.53 Å². The van der Waals surface area contributed by atoms with Crippen molar-refractivity contribution in [1.29, 1.82) is 0 Å². The molecule has 0 saturated carbocycles. The SMILES string of the molecule is CC(C)(C)OC(=O)C(N)C(Cl)CSc1ccc([N+](=O)[O-])cc1. The Morgan fingerprint density at radius 2 is 1.95 bits per heavy atom. The maximum absolute atomic E-state index is 11.8. The van der Waals surface area contributed by atoms with Crippen LogP contribution in [0.25, 0.3) is 0 Å². The monoisotopic (exact) mass is 346 g/mol. The van der Waals surface area contributed by atoms with E-state index in [1.54, 1.807) is 32.9 Å². The van der Waals surface area contributed by atoms with Crippen LogP contribution < -0.4 is 5.73 Å². The summed E-state index contributed by atoms with van der Waals surface area (Å²) in [6, 6.07) is 5.17. The fraction of sp³-hybridized carbons (Fsp3) is 0.500. The van der Waals surface area contributed by atoms with Crippen molar-refractivity contribution in [1.82, 2.24) is 0 Å². The molecule has 0 radical (unpaired) electrons. The number of nitrogens with zero attached hydrogens (tertiary/aromatic N) is 1. The predicted molar refractivity (Wildman–Crippen MR) is 87.3 cm³/mol. The molecule has 0 aromatic heterocycles. The molecule has 0 aliphatic carbocycles. The van der Waals surface area contributed by atoms with Crippen molar-refractivity contribution >= 4 is 35.0 Å². The van der Waals surface area contributed by atoms with Crippen LogP contribution in [0.2, 0.25) is 0 Å². The first-order chi connectivity index (χ1) is 10.1. The summed E-state index contributed by atoms with van der Waals surface area (Å²) >= 11 is 7.50. The summed E-state index contributed by atoms with van der Waals surface area (Å²) in [6.45, 7) is 5.27. The maximum Gasteiger partial charge on any atom is 0.325 e. The Kier molecular flexibility index (Phi) is 6.65. The number of carbonyl (C=O) groups is 1. The average Bonchev–Trinajstić information content (AvgIpc) is 2.42. The van der Waals surface area contributed by atoms with Gasteiger partial charge in [-0.15, -0.1) is 23.4 Å². The quantitative estimate of drug-likeness (QED) is 0.280. The Bertz CT molecular complexity index is 531. The van der Waals surface area contributed by atoms with Gasteiger partial charge in [-0.2, -0.15) is 0 Å². The van der Waals surface area contributed by atoms with Gasteiger partial charge in [0.25, 0.3) is 5.69 Å². The van der Waals surface area contributed by atoms with Gasteiger partial charge in [-0.25, -0.2) is 0 Å². The number of halogens is 1. The number of rotatable bonds is 6. The van der Waals surface area contributed by atoms with E-state index in [-0.39, 0.29) is 5.69 Å². The Hall–Kier alpha value is -1.31. The molecule has 122 valence electrons. The standard InChI is InChI=1S/C14H19ClN2O4S/c1-14(2,3)21-13(18)12(16)11(15)8-22-10-6-4-9(5-7-10)17(19)20/h4-7,11-12H,8,16H2,1-3H3. The van der Waals surface area contributed by atoms with Gasteiger partial charge in [0.05, 0.1) is 10.3 Å². The van der Waals surface area contributed by atoms with Crippen molar-refractivity contribution < 1.29 is 14.5 Å². The van der Waals surface area contributed by atoms with Crippen LogP contribution >= 0.6 is 23.4 Å². The molecule has 0 fully saturated rings. The molecule has 22 heavy (non-hydrogen) atoms. The van der Waals surface area contributed by atoms with E-state index in [0.29, 0.717) is 5.75 Å². The minimum absolute atomic E-state index is 0.0252. The molecular weight excluding hydrogens is 328 g/mol. The fourth-order valence-electron chi connectivity index (χ4n) is 1.46. The minimum atomic E-state index is -0.925. The first-order valence-electron chi connectivity index (χ1n) is 6.60. The number of nitrogens with two attached hydrogens (primary N) is 1. The van der Waals surface area contributed by atoms with Gasteiger partial charge in [0.15, 0.2) is 0 Å². The molecule has 0 amide bonds. The minimum Gasteiger partial charge on any atom is -0.459 e. The number of nitro benzene ring substituents is 1. The molecule has 0 spiro atoms. The summed E-state index contributed by atoms with van der Waals surface area (Å²) in [5, 5.41) is 9.96. The van der Waals surface area contributed by atoms with Crippen LogP contribution in [0, 0.1) is 10.1 Å². The van der Waals surface area contributed by atoms with Crippen LogP contribution in [0.15, 0.2) is 29.2 Å². The van der Waals surface area contributed by atoms with E-state index < -0.39 is 27.9 Å². The molecule has 1 aromatic rings. The van der Waals surface area contributed by atoms with Gasteiger partial charge in [0.2, 0.25) is 0 Å². The number of ether oxygens (including phenoxy) is 1. The third-order valence-corrected chi connectivity index (χ3v) is 4.27. The largest absolute Gasteiger partial charge is 0.459 e. The Balaban J connectivity index is 2.52. The molecule has 1 aromatic carbocycles. The molecule has 1 rings (SSSR count). The van der Waals surface area contributed by atoms with Crippen molar-refractivity contribution in [3.8, 4) is 0 Å². The first-order valence-corrected chi connectivity index (χ1v) is 8.02. The summed E-state index contributed by atoms with van der Waals surface area (Å²) in [4.78, 5) is 22.7. The van der Waals surface area contributed by atoms with Gasteiger partial charge in [-0.05, 0) is 32.9 Å². The number of esters is 1. The van der Waals surface area contributed by atoms with E-state index in [1.165, 1.54) is 23.9 Å². The molecule has 8 heteroatoms. The molecule has 2 unspecified atom stereocenters. The topological polar surface area (TPSA) is 95.5 Å². The lowest BCUT2D eigenvalue weighted by molar-refractivity contribution is -0.384. The lowest BCUT2D eigenvalue weighted by Gasteiger charge is -2.24. The molecule has 2 atom stereocenters. The smallest absolute Gasteiger partial charge is 0.325 e. The number of benzene rings is 1. The van der Waals surface area contributed by atoms with E-state index in [2.05, 4.69) is 0 Å². The van der Waals surface area contributed by atoms with Gasteiger partial charge in [0, 0.05) is 22.8 Å². The van der Waals surface area contributed by atoms with Crippen LogP contribution in [0.4, 0.5) is 5.69 Å². The van der Waals surface area contributed by atoms with Gasteiger partial charge in [-0.3, -0.25) is 14.9 Å². The highest BCUT2D eigenvalue weighted by Crippen LogP contribution is 2.24. The summed E-state index contributed by atoms with van der Waals surface area (Å²) in [6.07, 6.45) is 0. The lowest BCUT2D eigenvalue weighted by Crippen LogP contribution is -2.44. The van der Waals surface area contributed by atoms with E-state index >= 15 is 0 Å². The summed E-state index contributed by atoms with van der Waals surface area (Å²) in [5.74, 6) is -0.156. The Morgan fingerprint density at radius 3 is 2.41 bits per heavy atom. The molecule has 0 aliphatic heterocycles. The van der Waals surface area contributed by atoms with Crippen molar-refractivity contribution in [3.63, 3.8) is 0 Å². The third-order valence-electron chi connectivity index (χ3n) is 2.53. The zero-order valence-electron chi connectivity index (χ0n) is 12.6. The zero-order chi connectivity index (χ0) is 16.9. The average molecular weight is 347 g/mol. The Labute approximate surface area is 138 Å². The molecule has 0 aliphatic rings. The third kappa shape index (κ3) is 6.21. The number of alkyl halides is 1. The second kappa shape index (κ2) is 7.80. The molecular formula is C14H19ClN2O4S. The van der Waals surface area contributed by atoms with Crippen LogP contribution in [0.3, 0.4) is 0 Å². The van der Waals surface area contributed by atoms with E-state index in [4.69, 9.17) is 22.1 Å². The summed E-state index contributed by atoms with van der Waals surface area (Å²) in [5.41, 5.74) is 5.20. The molecule has 2 N–H and O–H groups in total. The maximum atomic E-state index is 11.8. The van der Waals surface area contributed by atoms with Crippen molar-refractivity contribution in [3.05, 3.63) is 34.4 Å². The normalized spacial score (nSPS) is 14.2. The molecule has 6 nitrogen and oxygen atoms in total. The van der Waals surface area contributed by atoms with Crippen molar-refractivity contribution in [2.45, 2.75) is 42.7 Å². The molecule has 0 saturated heterocycles. The molecule has 0 bridgehead atoms. The van der Waals surface area contributed by atoms with Gasteiger partial charge >= 0.3 is 5.97 Å². The van der Waals surface area contributed by atoms with E-state index in [1.807, 2.05) is 0 Å². The highest BCUT2D eigenvalue weighted by molar-refractivity contribution is 7.99. The van der Waals surface area contributed by atoms with Crippen LogP contribution in [-0.4, -0.2) is 33.7 Å². The van der Waals surface area contributed by atoms with Gasteiger partial charge in [-0.1, -0.05) is 0 Å². The number of hydrogen-bond acceptors (Lipinski definition) is 6. The first kappa shape index (κ1) is 18.7. The predicted octanol–water partition coefficient (Wildman–Crippen LogP) is 2.96. The van der Waals surface area contributed by atoms with E-state index in [9.17, 15) is 14.9 Å². The molecule has 0 heterocycles. The second-order valence-electron chi connectivity index (χ2n) is 5.64. The Morgan fingerprint density at radius 1 is 1.41 bits per heavy atom. The second-order valence-corrected chi connectivity index (χ2v) is 7.29. The van der Waals surface area contributed by atoms with Crippen molar-refractivity contribution in [2.75, 3.05) is 5.75 Å². The highest BCUT2D eigenvalue weighted by Gasteiger charge is 2.28.